The highest BCUT2D eigenvalue weighted by atomic mass is 13.9. The van der Waals surface area contributed by atoms with E-state index in [0.29, 0.717) is 0 Å². The molecule has 0 amide bonds. The second-order valence-electron chi connectivity index (χ2n) is 2.49. The fourth-order valence-corrected chi connectivity index (χ4v) is 0.933. The van der Waals surface area contributed by atoms with Gasteiger partial charge in [-0.2, -0.15) is 0 Å². The van der Waals surface area contributed by atoms with Crippen molar-refractivity contribution in [2.45, 2.75) is 22.3 Å². The van der Waals surface area contributed by atoms with E-state index < -0.39 is 0 Å². The number of rotatable bonds is 3. The molecular weight excluding hydrogens is 180 g/mol. The molecule has 0 saturated heterocycles. The van der Waals surface area contributed by atoms with E-state index in [4.69, 9.17) is 0 Å². The minimum absolute atomic E-state index is 0. The van der Waals surface area contributed by atoms with Crippen LogP contribution in [-0.4, -0.2) is 0 Å². The summed E-state index contributed by atoms with van der Waals surface area (Å²) < 4.78 is 0. The van der Waals surface area contributed by atoms with Gasteiger partial charge in [0.05, 0.1) is 0 Å². The Balaban J connectivity index is -0.000000480. The first-order chi connectivity index (χ1) is 5.84. The molecule has 0 aliphatic carbocycles. The molecule has 0 spiro atoms. The molecular formula is C15H24. The highest BCUT2D eigenvalue weighted by Crippen LogP contribution is 2.12. The zero-order valence-electron chi connectivity index (χ0n) is 7.03. The smallest absolute Gasteiger partial charge is 0.0190 e. The van der Waals surface area contributed by atoms with Crippen molar-refractivity contribution >= 4 is 5.57 Å². The summed E-state index contributed by atoms with van der Waals surface area (Å²) in [6.07, 6.45) is 5.58. The minimum Gasteiger partial charge on any atom is -0.0991 e. The first-order valence-electron chi connectivity index (χ1n) is 3.88. The maximum atomic E-state index is 3.93. The molecule has 0 heterocycles. The summed E-state index contributed by atoms with van der Waals surface area (Å²) in [6, 6.07) is 10.1. The Bertz CT molecular complexity index is 291. The van der Waals surface area contributed by atoms with Crippen LogP contribution in [0.3, 0.4) is 0 Å². The van der Waals surface area contributed by atoms with Gasteiger partial charge in [-0.25, -0.2) is 0 Å². The number of hydrogen-bond donors (Lipinski definition) is 0. The Morgan fingerprint density at radius 3 is 2.00 bits per heavy atom. The predicted octanol–water partition coefficient (Wildman–Crippen LogP) is 5.35. The lowest BCUT2D eigenvalue weighted by Crippen LogP contribution is -1.75. The van der Waals surface area contributed by atoms with Crippen molar-refractivity contribution in [2.75, 3.05) is 0 Å². The van der Waals surface area contributed by atoms with Crippen molar-refractivity contribution in [2.24, 2.45) is 0 Å². The molecule has 0 N–H and O–H groups in total. The maximum absolute atomic E-state index is 3.93. The van der Waals surface area contributed by atoms with Crippen LogP contribution in [0.2, 0.25) is 0 Å². The second-order valence-corrected chi connectivity index (χ2v) is 2.49. The minimum atomic E-state index is 0. The molecule has 1 rings (SSSR count). The molecule has 0 aromatic heterocycles. The van der Waals surface area contributed by atoms with Crippen molar-refractivity contribution in [3.8, 4) is 0 Å². The van der Waals surface area contributed by atoms with Gasteiger partial charge in [0.25, 0.3) is 0 Å². The Labute approximate surface area is 95.7 Å². The summed E-state index contributed by atoms with van der Waals surface area (Å²) in [5.74, 6) is 0. The lowest BCUT2D eigenvalue weighted by Gasteiger charge is -1.97. The van der Waals surface area contributed by atoms with Gasteiger partial charge in [0, 0.05) is 0 Å². The third-order valence-electron chi connectivity index (χ3n) is 1.58. The van der Waals surface area contributed by atoms with E-state index in [0.717, 1.165) is 11.1 Å². The van der Waals surface area contributed by atoms with Crippen molar-refractivity contribution in [3.63, 3.8) is 0 Å². The van der Waals surface area contributed by atoms with E-state index in [-0.39, 0.29) is 22.3 Å². The average molecular weight is 204 g/mol. The van der Waals surface area contributed by atoms with Crippen LogP contribution >= 0.6 is 0 Å². The van der Waals surface area contributed by atoms with E-state index in [2.05, 4.69) is 13.2 Å². The van der Waals surface area contributed by atoms with Gasteiger partial charge < -0.3 is 0 Å². The Hall–Kier alpha value is -1.56. The molecule has 0 bridgehead atoms. The summed E-state index contributed by atoms with van der Waals surface area (Å²) in [6.45, 7) is 7.53. The maximum Gasteiger partial charge on any atom is -0.0190 e. The zero-order valence-corrected chi connectivity index (χ0v) is 7.03. The molecule has 0 heteroatoms. The van der Waals surface area contributed by atoms with Gasteiger partial charge in [-0.15, -0.1) is 0 Å². The monoisotopic (exact) mass is 204 g/mol. The highest BCUT2D eigenvalue weighted by molar-refractivity contribution is 5.71. The van der Waals surface area contributed by atoms with E-state index in [1.54, 1.807) is 6.08 Å². The number of hydrogen-bond acceptors (Lipinski definition) is 0. The van der Waals surface area contributed by atoms with E-state index >= 15 is 0 Å². The molecule has 15 heavy (non-hydrogen) atoms. The molecule has 0 nitrogen and oxygen atoms in total. The number of benzene rings is 1. The molecule has 0 atom stereocenters. The van der Waals surface area contributed by atoms with Crippen LogP contribution in [0.5, 0.6) is 0 Å². The van der Waals surface area contributed by atoms with Crippen molar-refractivity contribution in [1.82, 2.24) is 0 Å². The Morgan fingerprint density at radius 2 is 1.53 bits per heavy atom. The summed E-state index contributed by atoms with van der Waals surface area (Å²) in [5, 5.41) is 0. The Morgan fingerprint density at radius 1 is 1.00 bits per heavy atom. The number of allylic oxidation sites excluding steroid dienone is 4. The molecule has 1 aromatic rings. The van der Waals surface area contributed by atoms with Crippen molar-refractivity contribution in [3.05, 3.63) is 67.3 Å². The van der Waals surface area contributed by atoms with E-state index in [1.807, 2.05) is 42.5 Å². The van der Waals surface area contributed by atoms with Gasteiger partial charge in [0.15, 0.2) is 0 Å². The summed E-state index contributed by atoms with van der Waals surface area (Å²) >= 11 is 0. The van der Waals surface area contributed by atoms with Gasteiger partial charge in [-0.05, 0) is 11.1 Å². The average Bonchev–Trinajstić information content (AvgIpc) is 2.15. The van der Waals surface area contributed by atoms with Crippen molar-refractivity contribution in [1.29, 1.82) is 0 Å². The lowest BCUT2D eigenvalue weighted by atomic mass is 10.1. The fraction of sp³-hybridized carbons (Fsp3) is 0.200. The lowest BCUT2D eigenvalue weighted by molar-refractivity contribution is 1.63. The molecule has 0 aliphatic heterocycles. The van der Waals surface area contributed by atoms with Crippen LogP contribution in [0.15, 0.2) is 61.7 Å². The molecule has 0 unspecified atom stereocenters. The quantitative estimate of drug-likeness (QED) is 0.582. The third-order valence-corrected chi connectivity index (χ3v) is 1.58. The Kier molecular flexibility index (Phi) is 13.4. The van der Waals surface area contributed by atoms with Crippen LogP contribution in [-0.2, 0) is 0 Å². The molecule has 84 valence electrons. The van der Waals surface area contributed by atoms with Crippen LogP contribution in [0.1, 0.15) is 27.8 Å². The fourth-order valence-electron chi connectivity index (χ4n) is 0.933. The van der Waals surface area contributed by atoms with Gasteiger partial charge in [-0.3, -0.25) is 0 Å². The normalized spacial score (nSPS) is 8.00. The second kappa shape index (κ2) is 10.5. The topological polar surface area (TPSA) is 0 Å². The van der Waals surface area contributed by atoms with Crippen LogP contribution in [0.4, 0.5) is 0 Å². The van der Waals surface area contributed by atoms with E-state index in [1.165, 1.54) is 0 Å². The van der Waals surface area contributed by atoms with Crippen LogP contribution in [0.25, 0.3) is 5.57 Å². The standard InChI is InChI=1S/C12H12.3CH4/c1-3-4-8-11(2)12-9-6-5-7-10-12;;;/h3-10H,1-2H2;3*1H4/b8-4-;;;. The van der Waals surface area contributed by atoms with Gasteiger partial charge in [0.2, 0.25) is 0 Å². The van der Waals surface area contributed by atoms with Gasteiger partial charge >= 0.3 is 0 Å². The highest BCUT2D eigenvalue weighted by Gasteiger charge is 1.90. The predicted molar refractivity (Wildman–Crippen MR) is 75.0 cm³/mol. The first kappa shape index (κ1) is 19.1. The van der Waals surface area contributed by atoms with Crippen LogP contribution in [0, 0.1) is 0 Å². The molecule has 0 fully saturated rings. The first-order valence-corrected chi connectivity index (χ1v) is 3.88. The van der Waals surface area contributed by atoms with E-state index in [9.17, 15) is 0 Å². The third kappa shape index (κ3) is 6.50. The summed E-state index contributed by atoms with van der Waals surface area (Å²) in [7, 11) is 0. The molecule has 0 aliphatic rings. The van der Waals surface area contributed by atoms with Crippen molar-refractivity contribution < 1.29 is 0 Å². The van der Waals surface area contributed by atoms with Crippen LogP contribution < -0.4 is 0 Å². The SMILES string of the molecule is C.C.C.C=C/C=C\C(=C)c1ccccc1. The largest absolute Gasteiger partial charge is 0.0991 e. The van der Waals surface area contributed by atoms with Gasteiger partial charge in [0.1, 0.15) is 0 Å². The zero-order chi connectivity index (χ0) is 8.81. The molecule has 0 radical (unpaired) electrons. The molecule has 0 saturated carbocycles. The van der Waals surface area contributed by atoms with Gasteiger partial charge in [-0.1, -0.05) is 84.0 Å². The summed E-state index contributed by atoms with van der Waals surface area (Å²) in [5.41, 5.74) is 2.16. The molecule has 1 aromatic carbocycles. The summed E-state index contributed by atoms with van der Waals surface area (Å²) in [4.78, 5) is 0.